The molecule has 21 heavy (non-hydrogen) atoms. The second kappa shape index (κ2) is 6.98. The number of hydrogen-bond donors (Lipinski definition) is 1. The quantitative estimate of drug-likeness (QED) is 0.887. The van der Waals surface area contributed by atoms with E-state index in [9.17, 15) is 8.42 Å². The fourth-order valence-electron chi connectivity index (χ4n) is 2.57. The zero-order valence-corrected chi connectivity index (χ0v) is 14.4. The van der Waals surface area contributed by atoms with E-state index in [2.05, 4.69) is 17.2 Å². The topological polar surface area (TPSA) is 62.3 Å². The molecule has 2 rings (SSSR count). The number of nitrogens with one attached hydrogen (secondary N) is 1. The Labute approximate surface area is 131 Å². The van der Waals surface area contributed by atoms with Gasteiger partial charge in [-0.15, -0.1) is 0 Å². The average molecular weight is 329 g/mol. The molecule has 0 amide bonds. The van der Waals surface area contributed by atoms with Crippen molar-refractivity contribution in [1.29, 1.82) is 0 Å². The summed E-state index contributed by atoms with van der Waals surface area (Å²) in [5.74, 6) is 1.57. The zero-order chi connectivity index (χ0) is 15.5. The Morgan fingerprint density at radius 1 is 1.52 bits per heavy atom. The minimum absolute atomic E-state index is 0.238. The van der Waals surface area contributed by atoms with Crippen LogP contribution in [0.2, 0.25) is 0 Å². The molecule has 118 valence electrons. The summed E-state index contributed by atoms with van der Waals surface area (Å²) in [6.45, 7) is 2.85. The lowest BCUT2D eigenvalue weighted by Crippen LogP contribution is -2.47. The molecule has 1 aromatic heterocycles. The zero-order valence-electron chi connectivity index (χ0n) is 12.7. The molecular formula is C14H23N3O2S2. The van der Waals surface area contributed by atoms with Crippen LogP contribution in [0.5, 0.6) is 0 Å². The summed E-state index contributed by atoms with van der Waals surface area (Å²) in [6, 6.07) is 4.21. The van der Waals surface area contributed by atoms with Gasteiger partial charge in [0.15, 0.2) is 9.84 Å². The molecule has 0 saturated carbocycles. The Kier molecular flexibility index (Phi) is 5.51. The fourth-order valence-corrected chi connectivity index (χ4v) is 5.41. The molecule has 0 bridgehead atoms. The van der Waals surface area contributed by atoms with Crippen LogP contribution in [0.25, 0.3) is 0 Å². The van der Waals surface area contributed by atoms with Crippen LogP contribution in [-0.4, -0.2) is 50.1 Å². The van der Waals surface area contributed by atoms with Gasteiger partial charge in [0.2, 0.25) is 0 Å². The predicted octanol–water partition coefficient (Wildman–Crippen LogP) is 1.68. The first kappa shape index (κ1) is 16.6. The van der Waals surface area contributed by atoms with Gasteiger partial charge in [-0.2, -0.15) is 11.8 Å². The van der Waals surface area contributed by atoms with E-state index in [0.717, 1.165) is 30.1 Å². The summed E-state index contributed by atoms with van der Waals surface area (Å²) < 4.78 is 23.9. The molecule has 1 fully saturated rings. The Bertz CT molecular complexity index is 556. The number of sulfone groups is 1. The normalized spacial score (nSPS) is 21.3. The van der Waals surface area contributed by atoms with Crippen LogP contribution in [0.15, 0.2) is 18.3 Å². The summed E-state index contributed by atoms with van der Waals surface area (Å²) >= 11 is 1.69. The molecule has 1 aromatic rings. The van der Waals surface area contributed by atoms with Crippen molar-refractivity contribution >= 4 is 27.3 Å². The van der Waals surface area contributed by atoms with Crippen molar-refractivity contribution in [2.45, 2.75) is 24.8 Å². The maximum absolute atomic E-state index is 12.0. The molecule has 0 spiro atoms. The number of rotatable bonds is 5. The van der Waals surface area contributed by atoms with Gasteiger partial charge in [-0.3, -0.25) is 4.98 Å². The van der Waals surface area contributed by atoms with E-state index >= 15 is 0 Å². The largest absolute Gasteiger partial charge is 0.352 e. The first-order valence-electron chi connectivity index (χ1n) is 7.13. The van der Waals surface area contributed by atoms with Gasteiger partial charge in [0.1, 0.15) is 5.37 Å². The molecule has 1 aliphatic heterocycles. The lowest BCUT2D eigenvalue weighted by atomic mass is 10.1. The number of thioether (sulfide) groups is 1. The van der Waals surface area contributed by atoms with E-state index in [1.54, 1.807) is 18.0 Å². The lowest BCUT2D eigenvalue weighted by molar-refractivity contribution is 0.561. The molecule has 5 nitrogen and oxygen atoms in total. The minimum Gasteiger partial charge on any atom is -0.352 e. The molecule has 0 aliphatic carbocycles. The standard InChI is InChI=1S/C14H23N3O2S2/c1-4-12(15-2)13-6-5-11(9-16-13)17-7-8-20-10-14(17)21(3,18)19/h5-6,9,12,14-15H,4,7-8,10H2,1-3H3. The summed E-state index contributed by atoms with van der Waals surface area (Å²) in [5.41, 5.74) is 1.88. The molecule has 2 unspecified atom stereocenters. The Balaban J connectivity index is 2.24. The highest BCUT2D eigenvalue weighted by molar-refractivity contribution is 8.01. The van der Waals surface area contributed by atoms with Gasteiger partial charge in [0, 0.05) is 30.3 Å². The van der Waals surface area contributed by atoms with Gasteiger partial charge in [-0.1, -0.05) is 6.92 Å². The van der Waals surface area contributed by atoms with Crippen LogP contribution in [0.1, 0.15) is 25.1 Å². The SMILES string of the molecule is CCC(NC)c1ccc(N2CCSCC2S(C)(=O)=O)cn1. The summed E-state index contributed by atoms with van der Waals surface area (Å²) in [4.78, 5) is 6.47. The molecule has 7 heteroatoms. The number of hydrogen-bond acceptors (Lipinski definition) is 6. The first-order chi connectivity index (χ1) is 9.97. The van der Waals surface area contributed by atoms with E-state index in [-0.39, 0.29) is 6.04 Å². The van der Waals surface area contributed by atoms with Gasteiger partial charge in [-0.05, 0) is 25.6 Å². The Morgan fingerprint density at radius 3 is 2.81 bits per heavy atom. The maximum Gasteiger partial charge on any atom is 0.169 e. The van der Waals surface area contributed by atoms with Crippen molar-refractivity contribution in [2.75, 3.05) is 36.3 Å². The Hall–Kier alpha value is -0.790. The van der Waals surface area contributed by atoms with Crippen LogP contribution in [0, 0.1) is 0 Å². The van der Waals surface area contributed by atoms with Crippen molar-refractivity contribution < 1.29 is 8.42 Å². The van der Waals surface area contributed by atoms with E-state index in [1.165, 1.54) is 6.26 Å². The molecule has 1 N–H and O–H groups in total. The monoisotopic (exact) mass is 329 g/mol. The second-order valence-electron chi connectivity index (χ2n) is 5.24. The smallest absolute Gasteiger partial charge is 0.169 e. The van der Waals surface area contributed by atoms with E-state index in [0.29, 0.717) is 5.75 Å². The molecule has 1 aliphatic rings. The van der Waals surface area contributed by atoms with Crippen molar-refractivity contribution in [3.05, 3.63) is 24.0 Å². The van der Waals surface area contributed by atoms with Crippen LogP contribution in [0.4, 0.5) is 5.69 Å². The Morgan fingerprint density at radius 2 is 2.29 bits per heavy atom. The van der Waals surface area contributed by atoms with Crippen LogP contribution in [0.3, 0.4) is 0 Å². The van der Waals surface area contributed by atoms with Gasteiger partial charge < -0.3 is 10.2 Å². The number of pyridine rings is 1. The molecule has 2 heterocycles. The van der Waals surface area contributed by atoms with Crippen molar-refractivity contribution in [3.63, 3.8) is 0 Å². The van der Waals surface area contributed by atoms with Gasteiger partial charge >= 0.3 is 0 Å². The van der Waals surface area contributed by atoms with Crippen molar-refractivity contribution in [1.82, 2.24) is 10.3 Å². The second-order valence-corrected chi connectivity index (χ2v) is 8.60. The molecule has 1 saturated heterocycles. The first-order valence-corrected chi connectivity index (χ1v) is 10.2. The predicted molar refractivity (Wildman–Crippen MR) is 89.6 cm³/mol. The maximum atomic E-state index is 12.0. The van der Waals surface area contributed by atoms with Gasteiger partial charge in [0.05, 0.1) is 17.6 Å². The van der Waals surface area contributed by atoms with Gasteiger partial charge in [-0.25, -0.2) is 8.42 Å². The van der Waals surface area contributed by atoms with Crippen LogP contribution in [-0.2, 0) is 9.84 Å². The number of anilines is 1. The molecular weight excluding hydrogens is 306 g/mol. The average Bonchev–Trinajstić information content (AvgIpc) is 2.48. The third-order valence-electron chi connectivity index (χ3n) is 3.79. The van der Waals surface area contributed by atoms with Crippen molar-refractivity contribution in [3.8, 4) is 0 Å². The number of nitrogens with zero attached hydrogens (tertiary/aromatic N) is 2. The summed E-state index contributed by atoms with van der Waals surface area (Å²) in [5, 5.41) is 2.78. The van der Waals surface area contributed by atoms with E-state index in [4.69, 9.17) is 0 Å². The highest BCUT2D eigenvalue weighted by Crippen LogP contribution is 2.27. The fraction of sp³-hybridized carbons (Fsp3) is 0.643. The summed E-state index contributed by atoms with van der Waals surface area (Å²) in [7, 11) is -1.17. The highest BCUT2D eigenvalue weighted by atomic mass is 32.2. The molecule has 0 radical (unpaired) electrons. The third kappa shape index (κ3) is 3.90. The highest BCUT2D eigenvalue weighted by Gasteiger charge is 2.31. The minimum atomic E-state index is -3.09. The molecule has 0 aromatic carbocycles. The van der Waals surface area contributed by atoms with E-state index < -0.39 is 15.2 Å². The number of aromatic nitrogens is 1. The lowest BCUT2D eigenvalue weighted by Gasteiger charge is -2.35. The third-order valence-corrected chi connectivity index (χ3v) is 6.44. The molecule has 2 atom stereocenters. The van der Waals surface area contributed by atoms with Gasteiger partial charge in [0.25, 0.3) is 0 Å². The van der Waals surface area contributed by atoms with E-state index in [1.807, 2.05) is 24.1 Å². The van der Waals surface area contributed by atoms with Crippen molar-refractivity contribution in [2.24, 2.45) is 0 Å². The van der Waals surface area contributed by atoms with Crippen LogP contribution >= 0.6 is 11.8 Å². The van der Waals surface area contributed by atoms with Crippen LogP contribution < -0.4 is 10.2 Å². The summed E-state index contributed by atoms with van der Waals surface area (Å²) in [6.07, 6.45) is 4.07.